The highest BCUT2D eigenvalue weighted by atomic mass is 19.1. The first-order chi connectivity index (χ1) is 16.1. The average molecular weight is 434 g/mol. The van der Waals surface area contributed by atoms with E-state index in [9.17, 15) is 4.39 Å². The van der Waals surface area contributed by atoms with E-state index in [0.29, 0.717) is 28.3 Å². The largest absolute Gasteiger partial charge is 0.397 e. The van der Waals surface area contributed by atoms with Crippen LogP contribution in [0.25, 0.3) is 55.7 Å². The van der Waals surface area contributed by atoms with Crippen molar-refractivity contribution in [2.24, 2.45) is 0 Å². The van der Waals surface area contributed by atoms with E-state index in [1.54, 1.807) is 24.5 Å². The summed E-state index contributed by atoms with van der Waals surface area (Å²) >= 11 is 0. The Labute approximate surface area is 188 Å². The Morgan fingerprint density at radius 1 is 0.879 bits per heavy atom. The number of fused-ring (bicyclic) bond motifs is 2. The molecule has 0 atom stereocenters. The second-order valence-electron chi connectivity index (χ2n) is 8.06. The van der Waals surface area contributed by atoms with Crippen molar-refractivity contribution in [1.29, 1.82) is 0 Å². The van der Waals surface area contributed by atoms with Crippen molar-refractivity contribution in [2.75, 3.05) is 5.73 Å². The molecule has 0 bridgehead atoms. The second kappa shape index (κ2) is 7.27. The standard InChI is InChI=1S/C26H19FN6/c1-14-9-23-20(11-19(14)15-10-16(28)13-29-12-15)25(33-32-23)26-30-22-8-4-6-18(24(22)31-26)17-5-2-3-7-21(17)27/h2-13H,28H2,1H3,(H,30,31)(H,32,33). The molecular formula is C26H19FN6. The van der Waals surface area contributed by atoms with Gasteiger partial charge in [0, 0.05) is 34.5 Å². The molecule has 160 valence electrons. The molecule has 0 fully saturated rings. The predicted molar refractivity (Wildman–Crippen MR) is 129 cm³/mol. The SMILES string of the molecule is Cc1cc2[nH]nc(-c3nc4c(-c5ccccc5F)cccc4[nH]3)c2cc1-c1cncc(N)c1. The molecule has 33 heavy (non-hydrogen) atoms. The molecule has 0 radical (unpaired) electrons. The fraction of sp³-hybridized carbons (Fsp3) is 0.0385. The van der Waals surface area contributed by atoms with E-state index in [4.69, 9.17) is 10.7 Å². The van der Waals surface area contributed by atoms with E-state index >= 15 is 0 Å². The van der Waals surface area contributed by atoms with Crippen LogP contribution >= 0.6 is 0 Å². The molecule has 7 heteroatoms. The lowest BCUT2D eigenvalue weighted by atomic mass is 9.99. The number of nitrogens with one attached hydrogen (secondary N) is 2. The van der Waals surface area contributed by atoms with E-state index in [1.807, 2.05) is 37.3 Å². The van der Waals surface area contributed by atoms with E-state index in [2.05, 4.69) is 32.3 Å². The lowest BCUT2D eigenvalue weighted by Gasteiger charge is -2.07. The lowest BCUT2D eigenvalue weighted by molar-refractivity contribution is 0.631. The van der Waals surface area contributed by atoms with Crippen molar-refractivity contribution >= 4 is 27.6 Å². The van der Waals surface area contributed by atoms with Crippen LogP contribution < -0.4 is 5.73 Å². The zero-order valence-electron chi connectivity index (χ0n) is 17.7. The summed E-state index contributed by atoms with van der Waals surface area (Å²) in [4.78, 5) is 12.4. The Balaban J connectivity index is 1.54. The third-order valence-corrected chi connectivity index (χ3v) is 5.88. The van der Waals surface area contributed by atoms with Gasteiger partial charge in [-0.25, -0.2) is 9.37 Å². The normalized spacial score (nSPS) is 11.5. The van der Waals surface area contributed by atoms with Crippen molar-refractivity contribution < 1.29 is 4.39 Å². The third kappa shape index (κ3) is 3.13. The number of benzene rings is 3. The van der Waals surface area contributed by atoms with Crippen LogP contribution in [0.3, 0.4) is 0 Å². The molecule has 0 aliphatic heterocycles. The molecular weight excluding hydrogens is 415 g/mol. The molecule has 0 saturated heterocycles. The number of rotatable bonds is 3. The number of para-hydroxylation sites is 1. The Bertz CT molecular complexity index is 1660. The number of anilines is 1. The first-order valence-corrected chi connectivity index (χ1v) is 10.5. The molecule has 0 unspecified atom stereocenters. The van der Waals surface area contributed by atoms with Crippen molar-refractivity contribution in [3.05, 3.63) is 84.4 Å². The number of aromatic amines is 2. The summed E-state index contributed by atoms with van der Waals surface area (Å²) in [6.45, 7) is 2.04. The third-order valence-electron chi connectivity index (χ3n) is 5.88. The van der Waals surface area contributed by atoms with Gasteiger partial charge >= 0.3 is 0 Å². The van der Waals surface area contributed by atoms with Gasteiger partial charge in [-0.1, -0.05) is 30.3 Å². The molecule has 6 aromatic rings. The van der Waals surface area contributed by atoms with Crippen molar-refractivity contribution in [2.45, 2.75) is 6.92 Å². The van der Waals surface area contributed by atoms with Gasteiger partial charge in [-0.3, -0.25) is 10.1 Å². The van der Waals surface area contributed by atoms with Crippen LogP contribution in [-0.4, -0.2) is 25.1 Å². The van der Waals surface area contributed by atoms with Crippen molar-refractivity contribution in [3.8, 4) is 33.8 Å². The Hall–Kier alpha value is -4.52. The van der Waals surface area contributed by atoms with Crippen LogP contribution in [0.5, 0.6) is 0 Å². The number of hydrogen-bond donors (Lipinski definition) is 3. The van der Waals surface area contributed by atoms with Crippen LogP contribution in [0.15, 0.2) is 73.1 Å². The van der Waals surface area contributed by atoms with Gasteiger partial charge in [0.05, 0.1) is 22.2 Å². The molecule has 4 N–H and O–H groups in total. The minimum absolute atomic E-state index is 0.282. The van der Waals surface area contributed by atoms with Crippen LogP contribution in [0.4, 0.5) is 10.1 Å². The summed E-state index contributed by atoms with van der Waals surface area (Å²) < 4.78 is 14.5. The summed E-state index contributed by atoms with van der Waals surface area (Å²) in [6.07, 6.45) is 3.42. The number of nitrogen functional groups attached to an aromatic ring is 1. The zero-order valence-corrected chi connectivity index (χ0v) is 17.7. The molecule has 3 aromatic heterocycles. The number of pyridine rings is 1. The highest BCUT2D eigenvalue weighted by Crippen LogP contribution is 2.35. The molecule has 6 nitrogen and oxygen atoms in total. The van der Waals surface area contributed by atoms with E-state index < -0.39 is 0 Å². The number of aromatic nitrogens is 5. The van der Waals surface area contributed by atoms with Gasteiger partial charge < -0.3 is 10.7 Å². The fourth-order valence-electron chi connectivity index (χ4n) is 4.31. The molecule has 3 heterocycles. The average Bonchev–Trinajstić information content (AvgIpc) is 3.42. The number of hydrogen-bond acceptors (Lipinski definition) is 4. The lowest BCUT2D eigenvalue weighted by Crippen LogP contribution is -1.90. The maximum absolute atomic E-state index is 14.5. The van der Waals surface area contributed by atoms with Crippen molar-refractivity contribution in [1.82, 2.24) is 25.1 Å². The highest BCUT2D eigenvalue weighted by Gasteiger charge is 2.17. The molecule has 6 rings (SSSR count). The van der Waals surface area contributed by atoms with Gasteiger partial charge in [0.25, 0.3) is 0 Å². The molecule has 3 aromatic carbocycles. The monoisotopic (exact) mass is 434 g/mol. The van der Waals surface area contributed by atoms with E-state index in [1.165, 1.54) is 6.07 Å². The molecule has 0 saturated carbocycles. The van der Waals surface area contributed by atoms with Gasteiger partial charge in [0.1, 0.15) is 11.5 Å². The molecule has 0 aliphatic rings. The van der Waals surface area contributed by atoms with Crippen LogP contribution in [-0.2, 0) is 0 Å². The van der Waals surface area contributed by atoms with Gasteiger partial charge in [0.2, 0.25) is 0 Å². The topological polar surface area (TPSA) is 96.3 Å². The summed E-state index contributed by atoms with van der Waals surface area (Å²) in [5.74, 6) is 0.330. The minimum atomic E-state index is -0.282. The Morgan fingerprint density at radius 2 is 1.73 bits per heavy atom. The van der Waals surface area contributed by atoms with E-state index in [-0.39, 0.29) is 5.82 Å². The summed E-state index contributed by atoms with van der Waals surface area (Å²) in [5, 5.41) is 8.57. The molecule has 0 spiro atoms. The Kier molecular flexibility index (Phi) is 4.23. The summed E-state index contributed by atoms with van der Waals surface area (Å²) in [5.41, 5.74) is 14.0. The number of H-pyrrole nitrogens is 2. The number of aryl methyl sites for hydroxylation is 1. The molecule has 0 aliphatic carbocycles. The summed E-state index contributed by atoms with van der Waals surface area (Å²) in [6, 6.07) is 18.5. The van der Waals surface area contributed by atoms with Crippen LogP contribution in [0.1, 0.15) is 5.56 Å². The van der Waals surface area contributed by atoms with E-state index in [0.717, 1.165) is 38.7 Å². The number of imidazole rings is 1. The van der Waals surface area contributed by atoms with Crippen molar-refractivity contribution in [3.63, 3.8) is 0 Å². The second-order valence-corrected chi connectivity index (χ2v) is 8.06. The maximum atomic E-state index is 14.5. The first kappa shape index (κ1) is 19.2. The highest BCUT2D eigenvalue weighted by molar-refractivity contribution is 5.99. The predicted octanol–water partition coefficient (Wildman–Crippen LogP) is 5.86. The fourth-order valence-corrected chi connectivity index (χ4v) is 4.31. The van der Waals surface area contributed by atoms with Crippen LogP contribution in [0, 0.1) is 12.7 Å². The van der Waals surface area contributed by atoms with Gasteiger partial charge in [0.15, 0.2) is 5.82 Å². The minimum Gasteiger partial charge on any atom is -0.397 e. The first-order valence-electron chi connectivity index (χ1n) is 10.5. The Morgan fingerprint density at radius 3 is 2.58 bits per heavy atom. The maximum Gasteiger partial charge on any atom is 0.159 e. The van der Waals surface area contributed by atoms with Crippen LogP contribution in [0.2, 0.25) is 0 Å². The van der Waals surface area contributed by atoms with Gasteiger partial charge in [-0.2, -0.15) is 5.10 Å². The zero-order chi connectivity index (χ0) is 22.5. The van der Waals surface area contributed by atoms with Gasteiger partial charge in [-0.05, 0) is 48.4 Å². The number of nitrogens with two attached hydrogens (primary N) is 1. The quantitative estimate of drug-likeness (QED) is 0.325. The summed E-state index contributed by atoms with van der Waals surface area (Å²) in [7, 11) is 0. The van der Waals surface area contributed by atoms with Gasteiger partial charge in [-0.15, -0.1) is 0 Å². The number of nitrogens with zero attached hydrogens (tertiary/aromatic N) is 3. The smallest absolute Gasteiger partial charge is 0.159 e. The number of halogens is 1. The molecule has 0 amide bonds.